The number of nitrogens with two attached hydrogens (primary N) is 1. The van der Waals surface area contributed by atoms with Gasteiger partial charge in [0.05, 0.1) is 6.54 Å². The van der Waals surface area contributed by atoms with Crippen LogP contribution in [-0.4, -0.2) is 49.1 Å². The molecule has 118 valence electrons. The third-order valence-electron chi connectivity index (χ3n) is 3.70. The molecule has 0 radical (unpaired) electrons. The number of hydrogen-bond donors (Lipinski definition) is 2. The molecule has 1 aliphatic heterocycles. The zero-order valence-electron chi connectivity index (χ0n) is 12.5. The fraction of sp³-hybridized carbons (Fsp3) is 0.375. The number of nitrogens with zero attached hydrogens (tertiary/aromatic N) is 1. The van der Waals surface area contributed by atoms with Crippen LogP contribution in [0.2, 0.25) is 0 Å². The highest BCUT2D eigenvalue weighted by Crippen LogP contribution is 2.20. The molecule has 0 unspecified atom stereocenters. The number of benzene rings is 1. The van der Waals surface area contributed by atoms with E-state index in [0.717, 1.165) is 5.56 Å². The summed E-state index contributed by atoms with van der Waals surface area (Å²) in [6.07, 6.45) is 2.48. The molecular formula is C16H20FN3O2. The second-order valence-corrected chi connectivity index (χ2v) is 5.35. The number of primary amides is 1. The SMILES string of the molecule is CNC[C@@H]1C[C@H](F)CN1C(=O)/C=C/c1ccc(C(N)=O)cc1. The third-order valence-corrected chi connectivity index (χ3v) is 3.70. The Bertz CT molecular complexity index is 571. The number of likely N-dealkylation sites (tertiary alicyclic amines) is 1. The average Bonchev–Trinajstić information content (AvgIpc) is 2.86. The van der Waals surface area contributed by atoms with Gasteiger partial charge < -0.3 is 16.0 Å². The van der Waals surface area contributed by atoms with Crippen LogP contribution in [-0.2, 0) is 4.79 Å². The molecule has 1 saturated heterocycles. The zero-order valence-corrected chi connectivity index (χ0v) is 12.5. The van der Waals surface area contributed by atoms with Crippen molar-refractivity contribution < 1.29 is 14.0 Å². The average molecular weight is 305 g/mol. The Kier molecular flexibility index (Phi) is 5.27. The summed E-state index contributed by atoms with van der Waals surface area (Å²) in [6.45, 7) is 0.712. The second kappa shape index (κ2) is 7.17. The monoisotopic (exact) mass is 305 g/mol. The van der Waals surface area contributed by atoms with Crippen LogP contribution in [0.5, 0.6) is 0 Å². The van der Waals surface area contributed by atoms with E-state index in [-0.39, 0.29) is 18.5 Å². The smallest absolute Gasteiger partial charge is 0.248 e. The quantitative estimate of drug-likeness (QED) is 0.796. The van der Waals surface area contributed by atoms with E-state index in [9.17, 15) is 14.0 Å². The van der Waals surface area contributed by atoms with Crippen LogP contribution in [0.1, 0.15) is 22.3 Å². The standard InChI is InChI=1S/C16H20FN3O2/c1-19-9-14-8-13(17)10-20(14)15(21)7-4-11-2-5-12(6-3-11)16(18)22/h2-7,13-14,19H,8-10H2,1H3,(H2,18,22)/b7-4+/t13-,14-/m0/s1. The summed E-state index contributed by atoms with van der Waals surface area (Å²) in [5, 5.41) is 2.98. The van der Waals surface area contributed by atoms with E-state index in [2.05, 4.69) is 5.32 Å². The Morgan fingerprint density at radius 3 is 2.68 bits per heavy atom. The lowest BCUT2D eigenvalue weighted by atomic mass is 10.1. The normalized spacial score (nSPS) is 21.5. The molecule has 1 aromatic rings. The van der Waals surface area contributed by atoms with E-state index < -0.39 is 12.1 Å². The largest absolute Gasteiger partial charge is 0.366 e. The molecule has 0 bridgehead atoms. The number of hydrogen-bond acceptors (Lipinski definition) is 3. The van der Waals surface area contributed by atoms with Crippen LogP contribution in [0, 0.1) is 0 Å². The van der Waals surface area contributed by atoms with Crippen LogP contribution in [0.25, 0.3) is 6.08 Å². The summed E-state index contributed by atoms with van der Waals surface area (Å²) in [4.78, 5) is 24.7. The van der Waals surface area contributed by atoms with Crippen LogP contribution >= 0.6 is 0 Å². The Labute approximate surface area is 129 Å². The zero-order chi connectivity index (χ0) is 16.1. The second-order valence-electron chi connectivity index (χ2n) is 5.35. The molecule has 5 nitrogen and oxygen atoms in total. The summed E-state index contributed by atoms with van der Waals surface area (Å²) in [7, 11) is 1.78. The van der Waals surface area contributed by atoms with Crippen molar-refractivity contribution >= 4 is 17.9 Å². The molecule has 0 aromatic heterocycles. The Morgan fingerprint density at radius 1 is 1.41 bits per heavy atom. The van der Waals surface area contributed by atoms with Gasteiger partial charge in [0.25, 0.3) is 0 Å². The first-order valence-corrected chi connectivity index (χ1v) is 7.18. The molecular weight excluding hydrogens is 285 g/mol. The molecule has 22 heavy (non-hydrogen) atoms. The van der Waals surface area contributed by atoms with Gasteiger partial charge in [0, 0.05) is 30.6 Å². The maximum atomic E-state index is 13.5. The molecule has 0 spiro atoms. The number of carbonyl (C=O) groups is 2. The Hall–Kier alpha value is -2.21. The fourth-order valence-electron chi connectivity index (χ4n) is 2.58. The van der Waals surface area contributed by atoms with E-state index in [1.807, 2.05) is 0 Å². The molecule has 3 N–H and O–H groups in total. The molecule has 2 atom stereocenters. The predicted octanol–water partition coefficient (Wildman–Crippen LogP) is 0.957. The summed E-state index contributed by atoms with van der Waals surface area (Å²) >= 11 is 0. The first kappa shape index (κ1) is 16.2. The summed E-state index contributed by atoms with van der Waals surface area (Å²) in [5.74, 6) is -0.702. The van der Waals surface area contributed by atoms with Gasteiger partial charge in [-0.1, -0.05) is 12.1 Å². The van der Waals surface area contributed by atoms with Crippen LogP contribution in [0.4, 0.5) is 4.39 Å². The van der Waals surface area contributed by atoms with Crippen molar-refractivity contribution in [2.45, 2.75) is 18.6 Å². The third kappa shape index (κ3) is 3.92. The predicted molar refractivity (Wildman–Crippen MR) is 82.9 cm³/mol. The lowest BCUT2D eigenvalue weighted by Gasteiger charge is -2.22. The number of halogens is 1. The molecule has 2 rings (SSSR count). The van der Waals surface area contributed by atoms with Crippen molar-refractivity contribution in [3.63, 3.8) is 0 Å². The lowest BCUT2D eigenvalue weighted by molar-refractivity contribution is -0.126. The number of likely N-dealkylation sites (N-methyl/N-ethyl adjacent to an activating group) is 1. The molecule has 1 aliphatic rings. The van der Waals surface area contributed by atoms with Crippen molar-refractivity contribution in [3.8, 4) is 0 Å². The number of carbonyl (C=O) groups excluding carboxylic acids is 2. The lowest BCUT2D eigenvalue weighted by Crippen LogP contribution is -2.40. The van der Waals surface area contributed by atoms with Gasteiger partial charge in [-0.15, -0.1) is 0 Å². The van der Waals surface area contributed by atoms with Gasteiger partial charge in [0.2, 0.25) is 11.8 Å². The van der Waals surface area contributed by atoms with Gasteiger partial charge in [0.1, 0.15) is 6.17 Å². The highest BCUT2D eigenvalue weighted by atomic mass is 19.1. The topological polar surface area (TPSA) is 75.4 Å². The van der Waals surface area contributed by atoms with Crippen LogP contribution in [0.15, 0.2) is 30.3 Å². The van der Waals surface area contributed by atoms with E-state index in [1.54, 1.807) is 42.3 Å². The van der Waals surface area contributed by atoms with Gasteiger partial charge in [-0.3, -0.25) is 9.59 Å². The molecule has 1 heterocycles. The van der Waals surface area contributed by atoms with E-state index in [1.165, 1.54) is 6.08 Å². The number of rotatable bonds is 5. The first-order chi connectivity index (χ1) is 10.5. The minimum atomic E-state index is -0.967. The molecule has 1 aromatic carbocycles. The molecule has 6 heteroatoms. The molecule has 1 fully saturated rings. The van der Waals surface area contributed by atoms with Gasteiger partial charge in [-0.2, -0.15) is 0 Å². The van der Waals surface area contributed by atoms with Gasteiger partial charge >= 0.3 is 0 Å². The van der Waals surface area contributed by atoms with Crippen LogP contribution < -0.4 is 11.1 Å². The number of amides is 2. The summed E-state index contributed by atoms with van der Waals surface area (Å²) in [6, 6.07) is 6.50. The van der Waals surface area contributed by atoms with Crippen molar-refractivity contribution in [2.24, 2.45) is 5.73 Å². The van der Waals surface area contributed by atoms with E-state index in [0.29, 0.717) is 18.5 Å². The first-order valence-electron chi connectivity index (χ1n) is 7.18. The van der Waals surface area contributed by atoms with E-state index >= 15 is 0 Å². The summed E-state index contributed by atoms with van der Waals surface area (Å²) in [5.41, 5.74) is 6.36. The Morgan fingerprint density at radius 2 is 2.09 bits per heavy atom. The maximum absolute atomic E-state index is 13.5. The summed E-state index contributed by atoms with van der Waals surface area (Å²) < 4.78 is 13.5. The van der Waals surface area contributed by atoms with E-state index in [4.69, 9.17) is 5.73 Å². The van der Waals surface area contributed by atoms with Crippen LogP contribution in [0.3, 0.4) is 0 Å². The molecule has 2 amide bonds. The van der Waals surface area contributed by atoms with Crippen molar-refractivity contribution in [3.05, 3.63) is 41.5 Å². The molecule has 0 aliphatic carbocycles. The molecule has 0 saturated carbocycles. The number of nitrogens with one attached hydrogen (secondary N) is 1. The minimum Gasteiger partial charge on any atom is -0.366 e. The van der Waals surface area contributed by atoms with Gasteiger partial charge in [-0.05, 0) is 30.8 Å². The van der Waals surface area contributed by atoms with Crippen molar-refractivity contribution in [2.75, 3.05) is 20.1 Å². The van der Waals surface area contributed by atoms with Gasteiger partial charge in [-0.25, -0.2) is 4.39 Å². The highest BCUT2D eigenvalue weighted by molar-refractivity contribution is 5.94. The van der Waals surface area contributed by atoms with Gasteiger partial charge in [0.15, 0.2) is 0 Å². The highest BCUT2D eigenvalue weighted by Gasteiger charge is 2.33. The van der Waals surface area contributed by atoms with Crippen molar-refractivity contribution in [1.82, 2.24) is 10.2 Å². The number of alkyl halides is 1. The minimum absolute atomic E-state index is 0.116. The fourth-order valence-corrected chi connectivity index (χ4v) is 2.58. The van der Waals surface area contributed by atoms with Crippen molar-refractivity contribution in [1.29, 1.82) is 0 Å². The maximum Gasteiger partial charge on any atom is 0.248 e. The Balaban J connectivity index is 2.02.